The van der Waals surface area contributed by atoms with Crippen LogP contribution in [0.5, 0.6) is 0 Å². The first-order valence-corrected chi connectivity index (χ1v) is 7.59. The summed E-state index contributed by atoms with van der Waals surface area (Å²) in [6, 6.07) is 6.93. The van der Waals surface area contributed by atoms with E-state index in [4.69, 9.17) is 12.2 Å². The number of thiocarbonyl (C=S) groups is 1. The lowest BCUT2D eigenvalue weighted by atomic mass is 10.1. The number of nitrogens with one attached hydrogen (secondary N) is 2. The Kier molecular flexibility index (Phi) is 5.73. The van der Waals surface area contributed by atoms with Crippen molar-refractivity contribution >= 4 is 17.3 Å². The van der Waals surface area contributed by atoms with Crippen molar-refractivity contribution in [3.05, 3.63) is 35.6 Å². The van der Waals surface area contributed by atoms with Gasteiger partial charge in [0.25, 0.3) is 0 Å². The molecule has 3 nitrogen and oxygen atoms in total. The normalized spacial score (nSPS) is 16.9. The Labute approximate surface area is 125 Å². The molecule has 2 N–H and O–H groups in total. The van der Waals surface area contributed by atoms with Crippen LogP contribution in [-0.2, 0) is 6.54 Å². The van der Waals surface area contributed by atoms with E-state index in [1.54, 1.807) is 12.1 Å². The number of benzene rings is 1. The Morgan fingerprint density at radius 2 is 1.95 bits per heavy atom. The first-order chi connectivity index (χ1) is 9.67. The molecule has 110 valence electrons. The molecule has 5 heteroatoms. The standard InChI is InChI=1S/C15H22FN3S/c1-2-19-9-7-14(8-10-19)18-15(20)17-11-12-3-5-13(16)6-4-12/h3-6,14H,2,7-11H2,1H3,(H2,17,18,20). The maximum Gasteiger partial charge on any atom is 0.166 e. The third-order valence-corrected chi connectivity index (χ3v) is 4.00. The molecule has 0 aliphatic carbocycles. The third-order valence-electron chi connectivity index (χ3n) is 3.74. The van der Waals surface area contributed by atoms with Crippen LogP contribution in [-0.4, -0.2) is 35.7 Å². The van der Waals surface area contributed by atoms with Crippen LogP contribution >= 0.6 is 12.2 Å². The molecule has 2 rings (SSSR count). The van der Waals surface area contributed by atoms with E-state index in [0.717, 1.165) is 38.0 Å². The van der Waals surface area contributed by atoms with Crippen LogP contribution in [0.4, 0.5) is 4.39 Å². The van der Waals surface area contributed by atoms with Crippen LogP contribution in [0.2, 0.25) is 0 Å². The lowest BCUT2D eigenvalue weighted by molar-refractivity contribution is 0.216. The highest BCUT2D eigenvalue weighted by atomic mass is 32.1. The summed E-state index contributed by atoms with van der Waals surface area (Å²) in [4.78, 5) is 2.45. The average Bonchev–Trinajstić information content (AvgIpc) is 2.47. The minimum atomic E-state index is -0.211. The van der Waals surface area contributed by atoms with E-state index in [1.165, 1.54) is 12.1 Å². The second-order valence-electron chi connectivity index (χ2n) is 5.16. The fourth-order valence-electron chi connectivity index (χ4n) is 2.41. The minimum Gasteiger partial charge on any atom is -0.360 e. The largest absolute Gasteiger partial charge is 0.360 e. The zero-order chi connectivity index (χ0) is 14.4. The molecule has 0 saturated carbocycles. The Morgan fingerprint density at radius 1 is 1.30 bits per heavy atom. The molecule has 1 aliphatic rings. The van der Waals surface area contributed by atoms with Crippen LogP contribution in [0.15, 0.2) is 24.3 Å². The zero-order valence-electron chi connectivity index (χ0n) is 11.9. The Balaban J connectivity index is 1.69. The number of nitrogens with zero attached hydrogens (tertiary/aromatic N) is 1. The molecule has 1 aliphatic heterocycles. The summed E-state index contributed by atoms with van der Waals surface area (Å²) >= 11 is 5.31. The lowest BCUT2D eigenvalue weighted by Gasteiger charge is -2.32. The van der Waals surface area contributed by atoms with Crippen molar-refractivity contribution in [2.24, 2.45) is 0 Å². The van der Waals surface area contributed by atoms with Gasteiger partial charge in [0.1, 0.15) is 5.82 Å². The van der Waals surface area contributed by atoms with Gasteiger partial charge in [-0.1, -0.05) is 19.1 Å². The molecule has 0 spiro atoms. The van der Waals surface area contributed by atoms with Crippen LogP contribution in [0.3, 0.4) is 0 Å². The summed E-state index contributed by atoms with van der Waals surface area (Å²) in [6.45, 7) is 6.21. The highest BCUT2D eigenvalue weighted by Crippen LogP contribution is 2.09. The van der Waals surface area contributed by atoms with Crippen molar-refractivity contribution in [1.82, 2.24) is 15.5 Å². The summed E-state index contributed by atoms with van der Waals surface area (Å²) < 4.78 is 12.8. The second-order valence-corrected chi connectivity index (χ2v) is 5.57. The van der Waals surface area contributed by atoms with E-state index in [2.05, 4.69) is 22.5 Å². The molecule has 1 aromatic rings. The Bertz CT molecular complexity index is 427. The average molecular weight is 295 g/mol. The van der Waals surface area contributed by atoms with Crippen LogP contribution in [0, 0.1) is 5.82 Å². The van der Waals surface area contributed by atoms with Crippen LogP contribution < -0.4 is 10.6 Å². The molecule has 1 aromatic carbocycles. The number of piperidine rings is 1. The van der Waals surface area contributed by atoms with Gasteiger partial charge in [0.15, 0.2) is 5.11 Å². The van der Waals surface area contributed by atoms with E-state index in [0.29, 0.717) is 17.7 Å². The zero-order valence-corrected chi connectivity index (χ0v) is 12.7. The van der Waals surface area contributed by atoms with Crippen molar-refractivity contribution in [3.63, 3.8) is 0 Å². The smallest absolute Gasteiger partial charge is 0.166 e. The first kappa shape index (κ1) is 15.2. The molecule has 0 radical (unpaired) electrons. The molecular formula is C15H22FN3S. The van der Waals surface area contributed by atoms with E-state index in [-0.39, 0.29) is 5.82 Å². The van der Waals surface area contributed by atoms with Crippen molar-refractivity contribution in [2.75, 3.05) is 19.6 Å². The SMILES string of the molecule is CCN1CCC(NC(=S)NCc2ccc(F)cc2)CC1. The number of halogens is 1. The maximum absolute atomic E-state index is 12.8. The molecule has 0 amide bonds. The minimum absolute atomic E-state index is 0.211. The van der Waals surface area contributed by atoms with Crippen LogP contribution in [0.25, 0.3) is 0 Å². The van der Waals surface area contributed by atoms with Gasteiger partial charge >= 0.3 is 0 Å². The quantitative estimate of drug-likeness (QED) is 0.833. The fourth-order valence-corrected chi connectivity index (χ4v) is 2.65. The van der Waals surface area contributed by atoms with Crippen molar-refractivity contribution < 1.29 is 4.39 Å². The molecule has 0 bridgehead atoms. The van der Waals surface area contributed by atoms with Gasteiger partial charge in [-0.25, -0.2) is 4.39 Å². The predicted molar refractivity (Wildman–Crippen MR) is 84.1 cm³/mol. The van der Waals surface area contributed by atoms with Gasteiger partial charge in [0, 0.05) is 25.7 Å². The molecule has 0 unspecified atom stereocenters. The Morgan fingerprint density at radius 3 is 2.55 bits per heavy atom. The number of rotatable bonds is 4. The van der Waals surface area contributed by atoms with Crippen LogP contribution in [0.1, 0.15) is 25.3 Å². The molecule has 1 saturated heterocycles. The number of likely N-dealkylation sites (tertiary alicyclic amines) is 1. The summed E-state index contributed by atoms with van der Waals surface area (Å²) in [5, 5.41) is 7.22. The summed E-state index contributed by atoms with van der Waals surface area (Å²) in [7, 11) is 0. The van der Waals surface area contributed by atoms with Gasteiger partial charge in [-0.2, -0.15) is 0 Å². The molecule has 0 aromatic heterocycles. The molecule has 1 fully saturated rings. The second kappa shape index (κ2) is 7.55. The van der Waals surface area contributed by atoms with E-state index in [9.17, 15) is 4.39 Å². The molecular weight excluding hydrogens is 273 g/mol. The van der Waals surface area contributed by atoms with E-state index >= 15 is 0 Å². The summed E-state index contributed by atoms with van der Waals surface area (Å²) in [5.74, 6) is -0.211. The monoisotopic (exact) mass is 295 g/mol. The fraction of sp³-hybridized carbons (Fsp3) is 0.533. The first-order valence-electron chi connectivity index (χ1n) is 7.18. The summed E-state index contributed by atoms with van der Waals surface area (Å²) in [6.07, 6.45) is 2.26. The number of hydrogen-bond acceptors (Lipinski definition) is 2. The highest BCUT2D eigenvalue weighted by Gasteiger charge is 2.18. The van der Waals surface area contributed by atoms with Crippen molar-refractivity contribution in [2.45, 2.75) is 32.4 Å². The van der Waals surface area contributed by atoms with Gasteiger partial charge in [0.05, 0.1) is 0 Å². The Hall–Kier alpha value is -1.20. The van der Waals surface area contributed by atoms with Gasteiger partial charge in [0.2, 0.25) is 0 Å². The van der Waals surface area contributed by atoms with Gasteiger partial charge in [-0.05, 0) is 49.3 Å². The summed E-state index contributed by atoms with van der Waals surface area (Å²) in [5.41, 5.74) is 1.02. The third kappa shape index (κ3) is 4.72. The van der Waals surface area contributed by atoms with Gasteiger partial charge in [-0.15, -0.1) is 0 Å². The highest BCUT2D eigenvalue weighted by molar-refractivity contribution is 7.80. The van der Waals surface area contributed by atoms with Crippen molar-refractivity contribution in [3.8, 4) is 0 Å². The van der Waals surface area contributed by atoms with E-state index in [1.807, 2.05) is 0 Å². The van der Waals surface area contributed by atoms with E-state index < -0.39 is 0 Å². The van der Waals surface area contributed by atoms with Crippen molar-refractivity contribution in [1.29, 1.82) is 0 Å². The van der Waals surface area contributed by atoms with Gasteiger partial charge in [-0.3, -0.25) is 0 Å². The number of hydrogen-bond donors (Lipinski definition) is 2. The molecule has 1 heterocycles. The molecule has 20 heavy (non-hydrogen) atoms. The molecule has 0 atom stereocenters. The lowest BCUT2D eigenvalue weighted by Crippen LogP contribution is -2.47. The predicted octanol–water partition coefficient (Wildman–Crippen LogP) is 2.27. The van der Waals surface area contributed by atoms with Gasteiger partial charge < -0.3 is 15.5 Å². The topological polar surface area (TPSA) is 27.3 Å². The maximum atomic E-state index is 12.8.